The zero-order valence-electron chi connectivity index (χ0n) is 9.59. The molecule has 1 aliphatic heterocycles. The summed E-state index contributed by atoms with van der Waals surface area (Å²) in [5.41, 5.74) is 0.846. The van der Waals surface area contributed by atoms with Crippen LogP contribution in [0.3, 0.4) is 0 Å². The lowest BCUT2D eigenvalue weighted by molar-refractivity contribution is -0.134. The van der Waals surface area contributed by atoms with Gasteiger partial charge in [0.25, 0.3) is 0 Å². The minimum atomic E-state index is -0.384. The number of carbonyl (C=O) groups is 1. The minimum absolute atomic E-state index is 0.215. The van der Waals surface area contributed by atoms with Crippen LogP contribution in [0.1, 0.15) is 5.56 Å². The van der Waals surface area contributed by atoms with E-state index in [1.807, 2.05) is 24.3 Å². The van der Waals surface area contributed by atoms with Gasteiger partial charge in [-0.2, -0.15) is 0 Å². The fraction of sp³-hybridized carbons (Fsp3) is 0.308. The topological polar surface area (TPSA) is 48.1 Å². The Hall–Kier alpha value is -1.81. The molecule has 4 heteroatoms. The third-order valence-electron chi connectivity index (χ3n) is 2.35. The van der Waals surface area contributed by atoms with E-state index in [-0.39, 0.29) is 12.1 Å². The summed E-state index contributed by atoms with van der Waals surface area (Å²) in [5, 5.41) is 0. The van der Waals surface area contributed by atoms with Gasteiger partial charge in [-0.15, -0.1) is 0 Å². The van der Waals surface area contributed by atoms with Crippen molar-refractivity contribution in [3.63, 3.8) is 0 Å². The molecule has 4 nitrogen and oxygen atoms in total. The van der Waals surface area contributed by atoms with Gasteiger partial charge in [-0.05, 0) is 12.1 Å². The van der Waals surface area contributed by atoms with E-state index in [0.717, 1.165) is 17.9 Å². The maximum atomic E-state index is 11.0. The number of para-hydroxylation sites is 1. The van der Waals surface area contributed by atoms with Crippen LogP contribution in [0, 0.1) is 0 Å². The Morgan fingerprint density at radius 3 is 3.00 bits per heavy atom. The molecular weight excluding hydrogens is 220 g/mol. The van der Waals surface area contributed by atoms with Crippen molar-refractivity contribution in [3.8, 4) is 5.75 Å². The number of carbonyl (C=O) groups excluding carboxylic acids is 1. The van der Waals surface area contributed by atoms with Gasteiger partial charge in [-0.1, -0.05) is 18.2 Å². The van der Waals surface area contributed by atoms with Crippen LogP contribution in [0.15, 0.2) is 30.3 Å². The highest BCUT2D eigenvalue weighted by atomic mass is 16.6. The Bertz CT molecular complexity index is 421. The first-order valence-corrected chi connectivity index (χ1v) is 5.39. The van der Waals surface area contributed by atoms with Crippen LogP contribution in [0.5, 0.6) is 5.75 Å². The SMILES string of the molecule is COC(=O)/C=C/c1ccccc1OCC1CO1. The molecule has 1 fully saturated rings. The van der Waals surface area contributed by atoms with Gasteiger partial charge in [0, 0.05) is 11.6 Å². The highest BCUT2D eigenvalue weighted by Crippen LogP contribution is 2.21. The summed E-state index contributed by atoms with van der Waals surface area (Å²) >= 11 is 0. The lowest BCUT2D eigenvalue weighted by Gasteiger charge is -2.07. The molecule has 1 unspecified atom stereocenters. The van der Waals surface area contributed by atoms with E-state index < -0.39 is 0 Å². The first kappa shape index (κ1) is 11.7. The summed E-state index contributed by atoms with van der Waals surface area (Å²) in [4.78, 5) is 11.0. The Morgan fingerprint density at radius 1 is 1.53 bits per heavy atom. The molecule has 0 radical (unpaired) electrons. The molecule has 0 saturated carbocycles. The predicted molar refractivity (Wildman–Crippen MR) is 62.7 cm³/mol. The summed E-state index contributed by atoms with van der Waals surface area (Å²) in [6, 6.07) is 7.51. The van der Waals surface area contributed by atoms with Crippen molar-refractivity contribution in [2.24, 2.45) is 0 Å². The standard InChI is InChI=1S/C13H14O4/c1-15-13(14)7-6-10-4-2-3-5-12(10)17-9-11-8-16-11/h2-7,11H,8-9H2,1H3/b7-6+. The first-order valence-electron chi connectivity index (χ1n) is 5.39. The number of methoxy groups -OCH3 is 1. The van der Waals surface area contributed by atoms with E-state index in [4.69, 9.17) is 9.47 Å². The maximum absolute atomic E-state index is 11.0. The number of hydrogen-bond acceptors (Lipinski definition) is 4. The summed E-state index contributed by atoms with van der Waals surface area (Å²) in [5.74, 6) is 0.355. The van der Waals surface area contributed by atoms with Gasteiger partial charge in [0.2, 0.25) is 0 Å². The van der Waals surface area contributed by atoms with Crippen molar-refractivity contribution in [3.05, 3.63) is 35.9 Å². The summed E-state index contributed by atoms with van der Waals surface area (Å²) < 4.78 is 15.2. The van der Waals surface area contributed by atoms with Crippen LogP contribution in [0.25, 0.3) is 6.08 Å². The minimum Gasteiger partial charge on any atom is -0.490 e. The van der Waals surface area contributed by atoms with Crippen LogP contribution in [-0.2, 0) is 14.3 Å². The Labute approximate surface area is 99.8 Å². The summed E-state index contributed by atoms with van der Waals surface area (Å²) in [6.07, 6.45) is 3.26. The van der Waals surface area contributed by atoms with Crippen molar-refractivity contribution in [1.82, 2.24) is 0 Å². The molecule has 1 atom stereocenters. The van der Waals surface area contributed by atoms with Crippen LogP contribution in [0.4, 0.5) is 0 Å². The second-order valence-electron chi connectivity index (χ2n) is 3.66. The second-order valence-corrected chi connectivity index (χ2v) is 3.66. The molecule has 90 valence electrons. The lowest BCUT2D eigenvalue weighted by Crippen LogP contribution is -2.04. The highest BCUT2D eigenvalue weighted by Gasteiger charge is 2.23. The first-order chi connectivity index (χ1) is 8.29. The molecule has 1 aliphatic rings. The van der Waals surface area contributed by atoms with Crippen molar-refractivity contribution in [2.45, 2.75) is 6.10 Å². The Balaban J connectivity index is 2.03. The Morgan fingerprint density at radius 2 is 2.29 bits per heavy atom. The third-order valence-corrected chi connectivity index (χ3v) is 2.35. The molecule has 0 N–H and O–H groups in total. The fourth-order valence-electron chi connectivity index (χ4n) is 1.32. The molecule has 1 saturated heterocycles. The molecule has 1 heterocycles. The number of epoxide rings is 1. The van der Waals surface area contributed by atoms with E-state index in [1.54, 1.807) is 6.08 Å². The van der Waals surface area contributed by atoms with Crippen molar-refractivity contribution in [1.29, 1.82) is 0 Å². The average Bonchev–Trinajstić information content (AvgIpc) is 3.18. The fourth-order valence-corrected chi connectivity index (χ4v) is 1.32. The van der Waals surface area contributed by atoms with Crippen LogP contribution >= 0.6 is 0 Å². The van der Waals surface area contributed by atoms with Crippen molar-refractivity contribution in [2.75, 3.05) is 20.3 Å². The summed E-state index contributed by atoms with van der Waals surface area (Å²) in [7, 11) is 1.35. The lowest BCUT2D eigenvalue weighted by atomic mass is 10.2. The number of ether oxygens (including phenoxy) is 3. The number of esters is 1. The average molecular weight is 234 g/mol. The number of rotatable bonds is 5. The molecule has 0 spiro atoms. The molecule has 1 aromatic carbocycles. The van der Waals surface area contributed by atoms with E-state index in [2.05, 4.69) is 4.74 Å². The van der Waals surface area contributed by atoms with Gasteiger partial charge < -0.3 is 14.2 Å². The van der Waals surface area contributed by atoms with Gasteiger partial charge in [0.1, 0.15) is 18.5 Å². The maximum Gasteiger partial charge on any atom is 0.330 e. The number of benzene rings is 1. The largest absolute Gasteiger partial charge is 0.490 e. The van der Waals surface area contributed by atoms with E-state index in [1.165, 1.54) is 13.2 Å². The predicted octanol–water partition coefficient (Wildman–Crippen LogP) is 1.65. The quantitative estimate of drug-likeness (QED) is 0.441. The van der Waals surface area contributed by atoms with Crippen LogP contribution in [-0.4, -0.2) is 32.4 Å². The molecule has 0 amide bonds. The van der Waals surface area contributed by atoms with Crippen LogP contribution < -0.4 is 4.74 Å². The molecule has 0 aromatic heterocycles. The molecule has 0 aliphatic carbocycles. The Kier molecular flexibility index (Phi) is 3.77. The zero-order valence-corrected chi connectivity index (χ0v) is 9.59. The molecule has 1 aromatic rings. The van der Waals surface area contributed by atoms with E-state index in [0.29, 0.717) is 6.61 Å². The van der Waals surface area contributed by atoms with Gasteiger partial charge >= 0.3 is 5.97 Å². The van der Waals surface area contributed by atoms with Gasteiger partial charge in [-0.3, -0.25) is 0 Å². The number of hydrogen-bond donors (Lipinski definition) is 0. The van der Waals surface area contributed by atoms with Gasteiger partial charge in [-0.25, -0.2) is 4.79 Å². The highest BCUT2D eigenvalue weighted by molar-refractivity contribution is 5.87. The summed E-state index contributed by atoms with van der Waals surface area (Å²) in [6.45, 7) is 1.31. The normalized spacial score (nSPS) is 18.1. The smallest absolute Gasteiger partial charge is 0.330 e. The molecule has 0 bridgehead atoms. The molecule has 17 heavy (non-hydrogen) atoms. The van der Waals surface area contributed by atoms with Crippen molar-refractivity contribution >= 4 is 12.0 Å². The van der Waals surface area contributed by atoms with Gasteiger partial charge in [0.15, 0.2) is 0 Å². The van der Waals surface area contributed by atoms with Crippen LogP contribution in [0.2, 0.25) is 0 Å². The van der Waals surface area contributed by atoms with Gasteiger partial charge in [0.05, 0.1) is 13.7 Å². The monoisotopic (exact) mass is 234 g/mol. The zero-order chi connectivity index (χ0) is 12.1. The van der Waals surface area contributed by atoms with E-state index in [9.17, 15) is 4.79 Å². The van der Waals surface area contributed by atoms with E-state index >= 15 is 0 Å². The third kappa shape index (κ3) is 3.60. The molecular formula is C13H14O4. The van der Waals surface area contributed by atoms with Crippen molar-refractivity contribution < 1.29 is 19.0 Å². The molecule has 2 rings (SSSR count). The second kappa shape index (κ2) is 5.50.